The fourth-order valence-electron chi connectivity index (χ4n) is 2.69. The highest BCUT2D eigenvalue weighted by Crippen LogP contribution is 2.31. The van der Waals surface area contributed by atoms with Crippen molar-refractivity contribution in [1.29, 1.82) is 0 Å². The molecule has 3 nitrogen and oxygen atoms in total. The Bertz CT molecular complexity index is 528. The molecule has 0 fully saturated rings. The van der Waals surface area contributed by atoms with Gasteiger partial charge in [-0.1, -0.05) is 30.3 Å². The lowest BCUT2D eigenvalue weighted by molar-refractivity contribution is 0.464. The van der Waals surface area contributed by atoms with E-state index < -0.39 is 0 Å². The van der Waals surface area contributed by atoms with Crippen LogP contribution < -0.4 is 5.73 Å². The Labute approximate surface area is 101 Å². The molecule has 0 saturated carbocycles. The van der Waals surface area contributed by atoms with E-state index in [4.69, 9.17) is 10.7 Å². The summed E-state index contributed by atoms with van der Waals surface area (Å²) in [5.41, 5.74) is 9.65. The summed E-state index contributed by atoms with van der Waals surface area (Å²) in [6.07, 6.45) is 2.21. The number of rotatable bonds is 1. The van der Waals surface area contributed by atoms with Crippen LogP contribution in [0.4, 0.5) is 0 Å². The molecule has 1 atom stereocenters. The molecule has 3 rings (SSSR count). The number of nitrogens with zero attached hydrogens (tertiary/aromatic N) is 2. The quantitative estimate of drug-likeness (QED) is 0.814. The van der Waals surface area contributed by atoms with Crippen LogP contribution in [0, 0.1) is 6.92 Å². The molecule has 0 radical (unpaired) electrons. The molecule has 1 unspecified atom stereocenters. The van der Waals surface area contributed by atoms with Gasteiger partial charge in [-0.15, -0.1) is 0 Å². The van der Waals surface area contributed by atoms with E-state index in [2.05, 4.69) is 35.8 Å². The van der Waals surface area contributed by atoms with Crippen molar-refractivity contribution in [3.05, 3.63) is 41.7 Å². The highest BCUT2D eigenvalue weighted by atomic mass is 15.1. The van der Waals surface area contributed by atoms with E-state index >= 15 is 0 Å². The predicted molar refractivity (Wildman–Crippen MR) is 68.6 cm³/mol. The Morgan fingerprint density at radius 2 is 2.06 bits per heavy atom. The molecule has 0 saturated heterocycles. The van der Waals surface area contributed by atoms with Crippen LogP contribution in [0.2, 0.25) is 0 Å². The first kappa shape index (κ1) is 10.5. The summed E-state index contributed by atoms with van der Waals surface area (Å²) in [6.45, 7) is 3.09. The minimum absolute atomic E-state index is 0.147. The lowest BCUT2D eigenvalue weighted by atomic mass is 10.0. The summed E-state index contributed by atoms with van der Waals surface area (Å²) >= 11 is 0. The zero-order chi connectivity index (χ0) is 11.8. The second-order valence-corrected chi connectivity index (χ2v) is 4.67. The van der Waals surface area contributed by atoms with Gasteiger partial charge in [-0.25, -0.2) is 4.98 Å². The molecule has 17 heavy (non-hydrogen) atoms. The fraction of sp³-hybridized carbons (Fsp3) is 0.357. The van der Waals surface area contributed by atoms with Gasteiger partial charge in [-0.05, 0) is 19.8 Å². The largest absolute Gasteiger partial charge is 0.326 e. The van der Waals surface area contributed by atoms with E-state index in [-0.39, 0.29) is 6.04 Å². The minimum atomic E-state index is 0.147. The molecule has 1 aliphatic rings. The standard InChI is InChI=1S/C14H17N3/c1-10-13-12(15)8-5-9-17(13)14(16-10)11-6-3-2-4-7-11/h2-4,6-7,12H,5,8-9,15H2,1H3. The Morgan fingerprint density at radius 3 is 2.82 bits per heavy atom. The van der Waals surface area contributed by atoms with Crippen molar-refractivity contribution in [2.75, 3.05) is 0 Å². The van der Waals surface area contributed by atoms with Crippen LogP contribution in [0.3, 0.4) is 0 Å². The van der Waals surface area contributed by atoms with Gasteiger partial charge in [0.1, 0.15) is 5.82 Å². The molecule has 3 heteroatoms. The van der Waals surface area contributed by atoms with Gasteiger partial charge in [0.05, 0.1) is 11.4 Å². The van der Waals surface area contributed by atoms with Crippen LogP contribution in [0.5, 0.6) is 0 Å². The molecule has 1 aromatic carbocycles. The van der Waals surface area contributed by atoms with E-state index in [1.807, 2.05) is 6.07 Å². The zero-order valence-electron chi connectivity index (χ0n) is 10.1. The Balaban J connectivity index is 2.17. The first-order chi connectivity index (χ1) is 8.27. The van der Waals surface area contributed by atoms with Crippen molar-refractivity contribution < 1.29 is 0 Å². The molecule has 2 heterocycles. The molecule has 0 aliphatic carbocycles. The predicted octanol–water partition coefficient (Wildman–Crippen LogP) is 2.65. The van der Waals surface area contributed by atoms with Crippen molar-refractivity contribution in [2.45, 2.75) is 32.4 Å². The number of hydrogen-bond acceptors (Lipinski definition) is 2. The third kappa shape index (κ3) is 1.67. The summed E-state index contributed by atoms with van der Waals surface area (Å²) in [5, 5.41) is 0. The first-order valence-corrected chi connectivity index (χ1v) is 6.15. The average Bonchev–Trinajstić information content (AvgIpc) is 2.69. The third-order valence-corrected chi connectivity index (χ3v) is 3.47. The van der Waals surface area contributed by atoms with Crippen molar-refractivity contribution in [3.8, 4) is 11.4 Å². The maximum Gasteiger partial charge on any atom is 0.140 e. The number of hydrogen-bond donors (Lipinski definition) is 1. The van der Waals surface area contributed by atoms with Gasteiger partial charge >= 0.3 is 0 Å². The third-order valence-electron chi connectivity index (χ3n) is 3.47. The fourth-order valence-corrected chi connectivity index (χ4v) is 2.69. The summed E-state index contributed by atoms with van der Waals surface area (Å²) in [4.78, 5) is 4.70. The van der Waals surface area contributed by atoms with Crippen LogP contribution in [0.1, 0.15) is 30.3 Å². The Morgan fingerprint density at radius 1 is 1.29 bits per heavy atom. The topological polar surface area (TPSA) is 43.8 Å². The summed E-state index contributed by atoms with van der Waals surface area (Å²) in [5.74, 6) is 1.06. The number of aromatic nitrogens is 2. The van der Waals surface area contributed by atoms with Crippen LogP contribution in [0.15, 0.2) is 30.3 Å². The second kappa shape index (κ2) is 4.00. The summed E-state index contributed by atoms with van der Waals surface area (Å²) in [6, 6.07) is 10.5. The van der Waals surface area contributed by atoms with E-state index in [0.717, 1.165) is 30.9 Å². The summed E-state index contributed by atoms with van der Waals surface area (Å²) < 4.78 is 2.29. The van der Waals surface area contributed by atoms with Crippen LogP contribution >= 0.6 is 0 Å². The lowest BCUT2D eigenvalue weighted by Crippen LogP contribution is -2.22. The van der Waals surface area contributed by atoms with Crippen molar-refractivity contribution >= 4 is 0 Å². The van der Waals surface area contributed by atoms with Gasteiger partial charge in [0.15, 0.2) is 0 Å². The van der Waals surface area contributed by atoms with E-state index in [0.29, 0.717) is 0 Å². The number of fused-ring (bicyclic) bond motifs is 1. The van der Waals surface area contributed by atoms with Crippen LogP contribution in [-0.2, 0) is 6.54 Å². The number of aryl methyl sites for hydroxylation is 1. The maximum atomic E-state index is 6.18. The molecule has 1 aliphatic heterocycles. The highest BCUT2D eigenvalue weighted by molar-refractivity contribution is 5.57. The van der Waals surface area contributed by atoms with E-state index in [1.54, 1.807) is 0 Å². The van der Waals surface area contributed by atoms with Gasteiger partial charge in [-0.3, -0.25) is 0 Å². The van der Waals surface area contributed by atoms with Gasteiger partial charge in [0, 0.05) is 18.2 Å². The lowest BCUT2D eigenvalue weighted by Gasteiger charge is -2.22. The summed E-state index contributed by atoms with van der Waals surface area (Å²) in [7, 11) is 0. The highest BCUT2D eigenvalue weighted by Gasteiger charge is 2.23. The molecular weight excluding hydrogens is 210 g/mol. The van der Waals surface area contributed by atoms with Crippen LogP contribution in [0.25, 0.3) is 11.4 Å². The van der Waals surface area contributed by atoms with Gasteiger partial charge in [0.25, 0.3) is 0 Å². The van der Waals surface area contributed by atoms with Crippen LogP contribution in [-0.4, -0.2) is 9.55 Å². The van der Waals surface area contributed by atoms with E-state index in [9.17, 15) is 0 Å². The number of nitrogens with two attached hydrogens (primary N) is 1. The monoisotopic (exact) mass is 227 g/mol. The average molecular weight is 227 g/mol. The molecule has 0 amide bonds. The molecule has 0 spiro atoms. The number of benzene rings is 1. The van der Waals surface area contributed by atoms with Crippen molar-refractivity contribution in [2.24, 2.45) is 5.73 Å². The minimum Gasteiger partial charge on any atom is -0.326 e. The molecular formula is C14H17N3. The molecule has 0 bridgehead atoms. The maximum absolute atomic E-state index is 6.18. The normalized spacial score (nSPS) is 19.1. The smallest absolute Gasteiger partial charge is 0.140 e. The second-order valence-electron chi connectivity index (χ2n) is 4.67. The Kier molecular flexibility index (Phi) is 2.48. The van der Waals surface area contributed by atoms with E-state index in [1.165, 1.54) is 11.3 Å². The zero-order valence-corrected chi connectivity index (χ0v) is 10.1. The molecule has 2 N–H and O–H groups in total. The van der Waals surface area contributed by atoms with Crippen molar-refractivity contribution in [3.63, 3.8) is 0 Å². The molecule has 2 aromatic rings. The SMILES string of the molecule is Cc1nc(-c2ccccc2)n2c1C(N)CCC2. The van der Waals surface area contributed by atoms with Gasteiger partial charge in [0.2, 0.25) is 0 Å². The Hall–Kier alpha value is -1.61. The number of imidazole rings is 1. The van der Waals surface area contributed by atoms with Gasteiger partial charge in [-0.2, -0.15) is 0 Å². The molecule has 88 valence electrons. The van der Waals surface area contributed by atoms with Crippen molar-refractivity contribution in [1.82, 2.24) is 9.55 Å². The first-order valence-electron chi connectivity index (χ1n) is 6.15. The molecule has 1 aromatic heterocycles. The van der Waals surface area contributed by atoms with Gasteiger partial charge < -0.3 is 10.3 Å².